The normalized spacial score (nSPS) is 11.5. The first-order valence-corrected chi connectivity index (χ1v) is 6.36. The van der Waals surface area contributed by atoms with Crippen LogP contribution in [0.1, 0.15) is 6.92 Å². The fraction of sp³-hybridized carbons (Fsp3) is 0.667. The van der Waals surface area contributed by atoms with Crippen molar-refractivity contribution in [3.8, 4) is 0 Å². The lowest BCUT2D eigenvalue weighted by Gasteiger charge is -2.10. The molecule has 0 aromatic rings. The summed E-state index contributed by atoms with van der Waals surface area (Å²) in [5.74, 6) is 0.212. The first kappa shape index (κ1) is 7.89. The monoisotopic (exact) mass is 129 g/mol. The lowest BCUT2D eigenvalue weighted by atomic mass is 10.5. The standard InChI is InChI=1S/C6H13OSi/c1-6(7)5-8(2,3)4/h5H,1-4H3. The number of carbonyl (C=O) groups excluding carboxylic acids is 1. The van der Waals surface area contributed by atoms with E-state index < -0.39 is 8.07 Å². The van der Waals surface area contributed by atoms with Crippen LogP contribution in [0, 0.1) is 6.04 Å². The van der Waals surface area contributed by atoms with Gasteiger partial charge < -0.3 is 4.79 Å². The van der Waals surface area contributed by atoms with Crippen LogP contribution in [0.25, 0.3) is 0 Å². The maximum atomic E-state index is 10.4. The highest BCUT2D eigenvalue weighted by molar-refractivity contribution is 6.82. The molecule has 0 aromatic heterocycles. The van der Waals surface area contributed by atoms with Gasteiger partial charge in [0.15, 0.2) is 0 Å². The van der Waals surface area contributed by atoms with Crippen LogP contribution in [-0.2, 0) is 4.79 Å². The van der Waals surface area contributed by atoms with Crippen molar-refractivity contribution in [3.63, 3.8) is 0 Å². The molecular weight excluding hydrogens is 116 g/mol. The number of hydrogen-bond donors (Lipinski definition) is 0. The van der Waals surface area contributed by atoms with Gasteiger partial charge in [-0.15, -0.1) is 0 Å². The quantitative estimate of drug-likeness (QED) is 0.518. The Hall–Kier alpha value is -0.113. The fourth-order valence-corrected chi connectivity index (χ4v) is 1.83. The van der Waals surface area contributed by atoms with E-state index in [0.29, 0.717) is 0 Å². The van der Waals surface area contributed by atoms with E-state index in [1.165, 1.54) is 0 Å². The fourth-order valence-electron chi connectivity index (χ4n) is 0.610. The Kier molecular flexibility index (Phi) is 2.41. The first-order chi connectivity index (χ1) is 3.42. The van der Waals surface area contributed by atoms with E-state index in [-0.39, 0.29) is 5.78 Å². The van der Waals surface area contributed by atoms with Crippen molar-refractivity contribution in [1.29, 1.82) is 0 Å². The zero-order valence-corrected chi connectivity index (χ0v) is 6.99. The Morgan fingerprint density at radius 2 is 1.75 bits per heavy atom. The van der Waals surface area contributed by atoms with E-state index in [1.807, 2.05) is 6.04 Å². The van der Waals surface area contributed by atoms with Gasteiger partial charge in [-0.3, -0.25) is 0 Å². The van der Waals surface area contributed by atoms with E-state index >= 15 is 0 Å². The molecule has 0 spiro atoms. The van der Waals surface area contributed by atoms with Gasteiger partial charge in [-0.05, 0) is 6.92 Å². The van der Waals surface area contributed by atoms with Crippen molar-refractivity contribution < 1.29 is 4.79 Å². The summed E-state index contributed by atoms with van der Waals surface area (Å²) in [5, 5.41) is 0. The first-order valence-electron chi connectivity index (χ1n) is 2.78. The lowest BCUT2D eigenvalue weighted by Crippen LogP contribution is -2.24. The van der Waals surface area contributed by atoms with Crippen molar-refractivity contribution in [3.05, 3.63) is 6.04 Å². The molecule has 0 heterocycles. The van der Waals surface area contributed by atoms with Gasteiger partial charge in [0.2, 0.25) is 0 Å². The molecule has 2 heteroatoms. The second-order valence-electron chi connectivity index (χ2n) is 3.12. The Balaban J connectivity index is 3.55. The van der Waals surface area contributed by atoms with Crippen LogP contribution in [0.4, 0.5) is 0 Å². The van der Waals surface area contributed by atoms with Crippen LogP contribution in [-0.4, -0.2) is 13.9 Å². The number of hydrogen-bond acceptors (Lipinski definition) is 1. The topological polar surface area (TPSA) is 17.1 Å². The molecule has 0 N–H and O–H groups in total. The van der Waals surface area contributed by atoms with Crippen LogP contribution >= 0.6 is 0 Å². The zero-order valence-electron chi connectivity index (χ0n) is 5.99. The SMILES string of the molecule is CC(=O)[CH][Si](C)(C)C. The molecule has 0 aromatic carbocycles. The van der Waals surface area contributed by atoms with Gasteiger partial charge >= 0.3 is 0 Å². The Bertz CT molecular complexity index is 91.2. The summed E-state index contributed by atoms with van der Waals surface area (Å²) in [7, 11) is -1.19. The van der Waals surface area contributed by atoms with Gasteiger partial charge in [0, 0.05) is 6.04 Å². The summed E-state index contributed by atoms with van der Waals surface area (Å²) >= 11 is 0. The summed E-state index contributed by atoms with van der Waals surface area (Å²) in [6, 6.07) is 1.85. The minimum atomic E-state index is -1.19. The smallest absolute Gasteiger partial charge is 0.130 e. The largest absolute Gasteiger partial charge is 0.300 e. The third-order valence-corrected chi connectivity index (χ3v) is 1.91. The summed E-state index contributed by atoms with van der Waals surface area (Å²) in [6.07, 6.45) is 0. The number of Topliss-reactive ketones (excluding diaryl/α,β-unsaturated/α-hetero) is 1. The van der Waals surface area contributed by atoms with E-state index in [4.69, 9.17) is 0 Å². The molecule has 0 saturated heterocycles. The van der Waals surface area contributed by atoms with Crippen LogP contribution in [0.2, 0.25) is 19.6 Å². The maximum absolute atomic E-state index is 10.4. The summed E-state index contributed by atoms with van der Waals surface area (Å²) in [4.78, 5) is 10.4. The molecule has 0 bridgehead atoms. The average Bonchev–Trinajstić information content (AvgIpc) is 1.21. The molecule has 0 atom stereocenters. The molecule has 0 unspecified atom stereocenters. The predicted molar refractivity (Wildman–Crippen MR) is 38.3 cm³/mol. The lowest BCUT2D eigenvalue weighted by molar-refractivity contribution is -0.113. The molecular formula is C6H13OSi. The van der Waals surface area contributed by atoms with E-state index in [9.17, 15) is 4.79 Å². The molecule has 1 radical (unpaired) electrons. The van der Waals surface area contributed by atoms with Gasteiger partial charge in [-0.2, -0.15) is 0 Å². The van der Waals surface area contributed by atoms with E-state index in [2.05, 4.69) is 19.6 Å². The molecule has 0 aliphatic carbocycles. The van der Waals surface area contributed by atoms with Crippen LogP contribution in [0.5, 0.6) is 0 Å². The zero-order chi connectivity index (χ0) is 6.78. The number of rotatable bonds is 2. The molecule has 0 aliphatic rings. The van der Waals surface area contributed by atoms with Crippen LogP contribution < -0.4 is 0 Å². The maximum Gasteiger partial charge on any atom is 0.130 e. The van der Waals surface area contributed by atoms with Gasteiger partial charge in [-0.25, -0.2) is 0 Å². The van der Waals surface area contributed by atoms with Crippen LogP contribution in [0.3, 0.4) is 0 Å². The third-order valence-electron chi connectivity index (χ3n) is 0.636. The predicted octanol–water partition coefficient (Wildman–Crippen LogP) is 1.66. The summed E-state index contributed by atoms with van der Waals surface area (Å²) in [6.45, 7) is 8.05. The van der Waals surface area contributed by atoms with Crippen molar-refractivity contribution in [2.24, 2.45) is 0 Å². The van der Waals surface area contributed by atoms with Crippen molar-refractivity contribution in [2.75, 3.05) is 0 Å². The Labute approximate surface area is 52.1 Å². The van der Waals surface area contributed by atoms with Crippen molar-refractivity contribution >= 4 is 13.9 Å². The molecule has 0 amide bonds. The van der Waals surface area contributed by atoms with Gasteiger partial charge in [-0.1, -0.05) is 19.6 Å². The third kappa shape index (κ3) is 5.89. The second kappa shape index (κ2) is 2.44. The summed E-state index contributed by atoms with van der Waals surface area (Å²) < 4.78 is 0. The van der Waals surface area contributed by atoms with Crippen LogP contribution in [0.15, 0.2) is 0 Å². The van der Waals surface area contributed by atoms with Gasteiger partial charge in [0.1, 0.15) is 5.78 Å². The minimum absolute atomic E-state index is 0.212. The van der Waals surface area contributed by atoms with Crippen molar-refractivity contribution in [2.45, 2.75) is 26.6 Å². The summed E-state index contributed by atoms with van der Waals surface area (Å²) in [5.41, 5.74) is 0. The van der Waals surface area contributed by atoms with Gasteiger partial charge in [0.25, 0.3) is 0 Å². The molecule has 8 heavy (non-hydrogen) atoms. The van der Waals surface area contributed by atoms with Crippen molar-refractivity contribution in [1.82, 2.24) is 0 Å². The van der Waals surface area contributed by atoms with E-state index in [0.717, 1.165) is 0 Å². The molecule has 0 saturated carbocycles. The average molecular weight is 129 g/mol. The molecule has 1 nitrogen and oxygen atoms in total. The van der Waals surface area contributed by atoms with Gasteiger partial charge in [0.05, 0.1) is 8.07 Å². The number of carbonyl (C=O) groups is 1. The molecule has 0 fully saturated rings. The highest BCUT2D eigenvalue weighted by Crippen LogP contribution is 2.04. The van der Waals surface area contributed by atoms with E-state index in [1.54, 1.807) is 6.92 Å². The number of ketones is 1. The second-order valence-corrected chi connectivity index (χ2v) is 8.14. The molecule has 0 aliphatic heterocycles. The highest BCUT2D eigenvalue weighted by Gasteiger charge is 2.14. The molecule has 47 valence electrons. The minimum Gasteiger partial charge on any atom is -0.300 e. The highest BCUT2D eigenvalue weighted by atomic mass is 28.3. The molecule has 0 rings (SSSR count). The Morgan fingerprint density at radius 1 is 1.38 bits per heavy atom. The Morgan fingerprint density at radius 3 is 1.75 bits per heavy atom.